The van der Waals surface area contributed by atoms with Crippen LogP contribution in [-0.4, -0.2) is 9.97 Å². The molecule has 1 aromatic rings. The van der Waals surface area contributed by atoms with Crippen LogP contribution in [0.5, 0.6) is 0 Å². The number of hydrogen-bond acceptors (Lipinski definition) is 1. The summed E-state index contributed by atoms with van der Waals surface area (Å²) in [4.78, 5) is 6.42. The van der Waals surface area contributed by atoms with Gasteiger partial charge in [0.1, 0.15) is 0 Å². The molecule has 4 heteroatoms. The Morgan fingerprint density at radius 3 is 2.06 bits per heavy atom. The lowest BCUT2D eigenvalue weighted by Crippen LogP contribution is -1.80. The van der Waals surface area contributed by atoms with E-state index in [9.17, 15) is 8.78 Å². The van der Waals surface area contributed by atoms with Gasteiger partial charge in [0.2, 0.25) is 0 Å². The molecule has 0 unspecified atom stereocenters. The zero-order valence-corrected chi connectivity index (χ0v) is 11.1. The van der Waals surface area contributed by atoms with Gasteiger partial charge >= 0.3 is 0 Å². The number of rotatable bonds is 3. The number of halogens is 2. The van der Waals surface area contributed by atoms with Gasteiger partial charge in [0.25, 0.3) is 6.08 Å². The van der Waals surface area contributed by atoms with E-state index in [2.05, 4.69) is 16.5 Å². The Morgan fingerprint density at radius 2 is 1.82 bits per heavy atom. The van der Waals surface area contributed by atoms with Crippen LogP contribution >= 0.6 is 0 Å². The van der Waals surface area contributed by atoms with Crippen molar-refractivity contribution in [2.45, 2.75) is 40.5 Å². The topological polar surface area (TPSA) is 28.7 Å². The third kappa shape index (κ3) is 14.6. The van der Waals surface area contributed by atoms with E-state index in [1.807, 2.05) is 20.8 Å². The summed E-state index contributed by atoms with van der Waals surface area (Å²) in [6.07, 6.45) is 4.61. The summed E-state index contributed by atoms with van der Waals surface area (Å²) in [6.45, 7) is 10.9. The summed E-state index contributed by atoms with van der Waals surface area (Å²) >= 11 is 0. The monoisotopic (exact) mass is 244 g/mol. The quantitative estimate of drug-likeness (QED) is 0.749. The molecular weight excluding hydrogens is 222 g/mol. The van der Waals surface area contributed by atoms with Crippen molar-refractivity contribution < 1.29 is 8.78 Å². The van der Waals surface area contributed by atoms with E-state index in [1.54, 1.807) is 18.7 Å². The van der Waals surface area contributed by atoms with Gasteiger partial charge in [-0.05, 0) is 32.3 Å². The summed E-state index contributed by atoms with van der Waals surface area (Å²) in [5, 5.41) is 0. The van der Waals surface area contributed by atoms with Crippen LogP contribution < -0.4 is 0 Å². The Hall–Kier alpha value is -1.45. The normalized spacial score (nSPS) is 8.12. The minimum absolute atomic E-state index is 0.169. The summed E-state index contributed by atoms with van der Waals surface area (Å²) in [5.41, 5.74) is 1.11. The predicted molar refractivity (Wildman–Crippen MR) is 68.9 cm³/mol. The number of allylic oxidation sites excluding steroid dienone is 2. The van der Waals surface area contributed by atoms with Crippen molar-refractivity contribution in [3.8, 4) is 0 Å². The lowest BCUT2D eigenvalue weighted by molar-refractivity contribution is 0.408. The van der Waals surface area contributed by atoms with Crippen LogP contribution in [0.25, 0.3) is 0 Å². The molecule has 0 atom stereocenters. The first kappa shape index (κ1) is 17.9. The summed E-state index contributed by atoms with van der Waals surface area (Å²) in [7, 11) is 0. The fourth-order valence-corrected chi connectivity index (χ4v) is 0.711. The number of aromatic nitrogens is 2. The molecule has 0 aliphatic carbocycles. The Morgan fingerprint density at radius 1 is 1.24 bits per heavy atom. The van der Waals surface area contributed by atoms with Crippen molar-refractivity contribution in [3.05, 3.63) is 42.5 Å². The highest BCUT2D eigenvalue weighted by Gasteiger charge is 1.98. The van der Waals surface area contributed by atoms with E-state index < -0.39 is 6.08 Å². The van der Waals surface area contributed by atoms with Gasteiger partial charge in [-0.1, -0.05) is 19.4 Å². The molecular formula is C13H22F2N2. The van der Waals surface area contributed by atoms with Gasteiger partial charge in [-0.15, -0.1) is 6.58 Å². The first-order chi connectivity index (χ1) is 8.04. The molecule has 0 aliphatic rings. The number of imidazole rings is 1. The molecule has 0 fully saturated rings. The largest absolute Gasteiger partial charge is 0.351 e. The average Bonchev–Trinajstić information content (AvgIpc) is 2.87. The fourth-order valence-electron chi connectivity index (χ4n) is 0.711. The molecule has 0 aliphatic heterocycles. The maximum absolute atomic E-state index is 11.7. The number of nitrogens with one attached hydrogen (secondary N) is 1. The van der Waals surface area contributed by atoms with Crippen molar-refractivity contribution in [1.29, 1.82) is 0 Å². The molecule has 0 bridgehead atoms. The predicted octanol–water partition coefficient (Wildman–Crippen LogP) is 4.95. The van der Waals surface area contributed by atoms with Gasteiger partial charge in [0.15, 0.2) is 0 Å². The van der Waals surface area contributed by atoms with Crippen LogP contribution in [0.15, 0.2) is 42.5 Å². The summed E-state index contributed by atoms with van der Waals surface area (Å²) in [5.74, 6) is 0. The highest BCUT2D eigenvalue weighted by atomic mass is 19.3. The Kier molecular flexibility index (Phi) is 13.3. The van der Waals surface area contributed by atoms with Crippen molar-refractivity contribution in [2.24, 2.45) is 0 Å². The lowest BCUT2D eigenvalue weighted by Gasteiger charge is -1.97. The van der Waals surface area contributed by atoms with Crippen LogP contribution in [0.1, 0.15) is 40.5 Å². The summed E-state index contributed by atoms with van der Waals surface area (Å²) < 4.78 is 23.5. The highest BCUT2D eigenvalue weighted by molar-refractivity contribution is 5.02. The van der Waals surface area contributed by atoms with Crippen LogP contribution in [-0.2, 0) is 0 Å². The number of H-pyrrole nitrogens is 1. The molecule has 0 spiro atoms. The third-order valence-corrected chi connectivity index (χ3v) is 1.66. The van der Waals surface area contributed by atoms with E-state index >= 15 is 0 Å². The second-order valence-electron chi connectivity index (χ2n) is 3.26. The van der Waals surface area contributed by atoms with Crippen molar-refractivity contribution in [2.75, 3.05) is 0 Å². The van der Waals surface area contributed by atoms with E-state index in [0.29, 0.717) is 12.8 Å². The number of nitrogens with zero attached hydrogens (tertiary/aromatic N) is 1. The standard InChI is InChI=1S/C8H12F2.C3H4N2.C2H6/c1-6(2)4-5-7(3)8(9)10;1-2-5-3-4-1;1-2/h1,4-5H2,2-3H3;1-3H,(H,4,5);1-2H3. The minimum atomic E-state index is -1.55. The minimum Gasteiger partial charge on any atom is -0.351 e. The van der Waals surface area contributed by atoms with E-state index in [4.69, 9.17) is 0 Å². The van der Waals surface area contributed by atoms with Gasteiger partial charge in [0, 0.05) is 12.4 Å². The Labute approximate surface area is 102 Å². The molecule has 0 amide bonds. The summed E-state index contributed by atoms with van der Waals surface area (Å²) in [6, 6.07) is 0. The molecule has 1 N–H and O–H groups in total. The Bertz CT molecular complexity index is 282. The Balaban J connectivity index is 0. The van der Waals surface area contributed by atoms with Crippen LogP contribution in [0.2, 0.25) is 0 Å². The third-order valence-electron chi connectivity index (χ3n) is 1.66. The second kappa shape index (κ2) is 12.6. The molecule has 0 saturated heterocycles. The van der Waals surface area contributed by atoms with E-state index in [-0.39, 0.29) is 5.57 Å². The molecule has 1 heterocycles. The molecule has 0 radical (unpaired) electrons. The maximum atomic E-state index is 11.7. The van der Waals surface area contributed by atoms with Crippen molar-refractivity contribution in [1.82, 2.24) is 9.97 Å². The molecule has 1 rings (SSSR count). The molecule has 98 valence electrons. The lowest BCUT2D eigenvalue weighted by atomic mass is 10.1. The number of aromatic amines is 1. The highest BCUT2D eigenvalue weighted by Crippen LogP contribution is 2.14. The first-order valence-corrected chi connectivity index (χ1v) is 5.62. The van der Waals surface area contributed by atoms with Gasteiger partial charge in [0.05, 0.1) is 6.33 Å². The van der Waals surface area contributed by atoms with Crippen molar-refractivity contribution in [3.63, 3.8) is 0 Å². The van der Waals surface area contributed by atoms with Gasteiger partial charge in [-0.25, -0.2) is 4.98 Å². The molecule has 0 saturated carbocycles. The van der Waals surface area contributed by atoms with Crippen molar-refractivity contribution >= 4 is 0 Å². The number of hydrogen-bond donors (Lipinski definition) is 1. The van der Waals surface area contributed by atoms with Crippen LogP contribution in [0, 0.1) is 0 Å². The van der Waals surface area contributed by atoms with Crippen LogP contribution in [0.3, 0.4) is 0 Å². The van der Waals surface area contributed by atoms with Gasteiger partial charge < -0.3 is 4.98 Å². The zero-order chi connectivity index (χ0) is 13.7. The maximum Gasteiger partial charge on any atom is 0.269 e. The smallest absolute Gasteiger partial charge is 0.269 e. The van der Waals surface area contributed by atoms with Gasteiger partial charge in [-0.3, -0.25) is 0 Å². The molecule has 2 nitrogen and oxygen atoms in total. The van der Waals surface area contributed by atoms with E-state index in [0.717, 1.165) is 5.57 Å². The molecule has 17 heavy (non-hydrogen) atoms. The zero-order valence-electron chi connectivity index (χ0n) is 11.1. The molecule has 1 aromatic heterocycles. The second-order valence-corrected chi connectivity index (χ2v) is 3.26. The SMILES string of the molecule is C=C(C)CCC(C)=C(F)F.CC.c1c[nH]cn1. The van der Waals surface area contributed by atoms with Gasteiger partial charge in [-0.2, -0.15) is 8.78 Å². The first-order valence-electron chi connectivity index (χ1n) is 5.62. The molecule has 0 aromatic carbocycles. The van der Waals surface area contributed by atoms with E-state index in [1.165, 1.54) is 6.92 Å². The average molecular weight is 244 g/mol. The van der Waals surface area contributed by atoms with Crippen LogP contribution in [0.4, 0.5) is 8.78 Å². The fraction of sp³-hybridized carbons (Fsp3) is 0.462.